The molecule has 4 heteroatoms. The number of nitrogens with two attached hydrogens (primary N) is 1. The van der Waals surface area contributed by atoms with E-state index >= 15 is 0 Å². The van der Waals surface area contributed by atoms with E-state index in [1.807, 2.05) is 0 Å². The molecule has 1 fully saturated rings. The van der Waals surface area contributed by atoms with Gasteiger partial charge in [0.15, 0.2) is 0 Å². The zero-order chi connectivity index (χ0) is 8.59. The van der Waals surface area contributed by atoms with Crippen LogP contribution in [0.2, 0.25) is 0 Å². The molecule has 0 radical (unpaired) electrons. The minimum absolute atomic E-state index is 0.289. The lowest BCUT2D eigenvalue weighted by atomic mass is 9.95. The highest BCUT2D eigenvalue weighted by Crippen LogP contribution is 2.18. The van der Waals surface area contributed by atoms with Crippen LogP contribution in [0.5, 0.6) is 0 Å². The molecular weight excluding hydrogens is 146 g/mol. The Labute approximate surface area is 66.0 Å². The molecule has 0 aromatic carbocycles. The lowest BCUT2D eigenvalue weighted by Crippen LogP contribution is -2.59. The largest absolute Gasteiger partial charge is 0.389 e. The Kier molecular flexibility index (Phi) is 2.49. The van der Waals surface area contributed by atoms with E-state index in [1.54, 1.807) is 13.8 Å². The number of hydrogen-bond acceptors (Lipinski definition) is 4. The predicted octanol–water partition coefficient (Wildman–Crippen LogP) is -1.16. The minimum Gasteiger partial charge on any atom is -0.389 e. The first-order valence-electron chi connectivity index (χ1n) is 3.81. The minimum atomic E-state index is -0.763. The quantitative estimate of drug-likeness (QED) is 0.419. The van der Waals surface area contributed by atoms with Gasteiger partial charge in [-0.05, 0) is 13.8 Å². The standard InChI is InChI=1S/C7H15NO3/c1-3-6(9)5(8)7(10)4(2)11-3/h3-7,9-10H,8H2,1-2H3/t3-,4?,5?,6+,7+/m0/s1. The molecule has 4 nitrogen and oxygen atoms in total. The first kappa shape index (κ1) is 8.93. The molecule has 4 N–H and O–H groups in total. The van der Waals surface area contributed by atoms with Crippen LogP contribution in [-0.4, -0.2) is 40.7 Å². The van der Waals surface area contributed by atoms with Gasteiger partial charge in [-0.2, -0.15) is 0 Å². The van der Waals surface area contributed by atoms with E-state index in [1.165, 1.54) is 0 Å². The van der Waals surface area contributed by atoms with Crippen molar-refractivity contribution in [1.82, 2.24) is 0 Å². The Bertz CT molecular complexity index is 128. The molecule has 2 unspecified atom stereocenters. The molecule has 0 bridgehead atoms. The Balaban J connectivity index is 2.63. The molecule has 1 aliphatic rings. The number of aliphatic hydroxyl groups is 2. The van der Waals surface area contributed by atoms with Gasteiger partial charge in [-0.15, -0.1) is 0 Å². The molecular formula is C7H15NO3. The van der Waals surface area contributed by atoms with Gasteiger partial charge in [0.25, 0.3) is 0 Å². The van der Waals surface area contributed by atoms with Crippen molar-refractivity contribution in [3.05, 3.63) is 0 Å². The molecule has 66 valence electrons. The second kappa shape index (κ2) is 3.06. The zero-order valence-electron chi connectivity index (χ0n) is 6.77. The first-order valence-corrected chi connectivity index (χ1v) is 3.81. The molecule has 1 saturated heterocycles. The average Bonchev–Trinajstić information content (AvgIpc) is 1.97. The normalized spacial score (nSPS) is 52.6. The van der Waals surface area contributed by atoms with Crippen LogP contribution < -0.4 is 5.73 Å². The second-order valence-electron chi connectivity index (χ2n) is 3.10. The van der Waals surface area contributed by atoms with Gasteiger partial charge >= 0.3 is 0 Å². The summed E-state index contributed by atoms with van der Waals surface area (Å²) in [6.45, 7) is 3.49. The maximum atomic E-state index is 9.32. The van der Waals surface area contributed by atoms with Crippen molar-refractivity contribution in [2.24, 2.45) is 5.73 Å². The van der Waals surface area contributed by atoms with Gasteiger partial charge in [0, 0.05) is 0 Å². The second-order valence-corrected chi connectivity index (χ2v) is 3.10. The number of aliphatic hydroxyl groups excluding tert-OH is 2. The van der Waals surface area contributed by atoms with Crippen LogP contribution in [0, 0.1) is 0 Å². The van der Waals surface area contributed by atoms with E-state index < -0.39 is 18.2 Å². The maximum absolute atomic E-state index is 9.32. The average molecular weight is 161 g/mol. The number of rotatable bonds is 0. The molecule has 0 saturated carbocycles. The van der Waals surface area contributed by atoms with Gasteiger partial charge in [-0.3, -0.25) is 0 Å². The van der Waals surface area contributed by atoms with Crippen LogP contribution in [0.3, 0.4) is 0 Å². The van der Waals surface area contributed by atoms with E-state index in [4.69, 9.17) is 10.5 Å². The summed E-state index contributed by atoms with van der Waals surface area (Å²) in [6.07, 6.45) is -2.10. The lowest BCUT2D eigenvalue weighted by Gasteiger charge is -2.38. The third-order valence-corrected chi connectivity index (χ3v) is 2.18. The van der Waals surface area contributed by atoms with Gasteiger partial charge < -0.3 is 20.7 Å². The van der Waals surface area contributed by atoms with Crippen LogP contribution in [-0.2, 0) is 4.74 Å². The molecule has 1 heterocycles. The fourth-order valence-corrected chi connectivity index (χ4v) is 1.33. The van der Waals surface area contributed by atoms with Gasteiger partial charge in [0.05, 0.1) is 30.5 Å². The number of ether oxygens (including phenoxy) is 1. The monoisotopic (exact) mass is 161 g/mol. The van der Waals surface area contributed by atoms with Crippen LogP contribution >= 0.6 is 0 Å². The Hall–Kier alpha value is -0.160. The fourth-order valence-electron chi connectivity index (χ4n) is 1.33. The molecule has 0 spiro atoms. The van der Waals surface area contributed by atoms with E-state index in [9.17, 15) is 10.2 Å². The summed E-state index contributed by atoms with van der Waals surface area (Å²) in [4.78, 5) is 0. The molecule has 5 atom stereocenters. The zero-order valence-corrected chi connectivity index (χ0v) is 6.77. The molecule has 0 aliphatic carbocycles. The van der Waals surface area contributed by atoms with Crippen molar-refractivity contribution >= 4 is 0 Å². The van der Waals surface area contributed by atoms with Gasteiger partial charge in [-0.1, -0.05) is 0 Å². The highest BCUT2D eigenvalue weighted by atomic mass is 16.5. The molecule has 0 aromatic rings. The van der Waals surface area contributed by atoms with Gasteiger partial charge in [-0.25, -0.2) is 0 Å². The van der Waals surface area contributed by atoms with E-state index in [0.29, 0.717) is 0 Å². The van der Waals surface area contributed by atoms with Crippen LogP contribution in [0.15, 0.2) is 0 Å². The Morgan fingerprint density at radius 3 is 1.82 bits per heavy atom. The third kappa shape index (κ3) is 1.54. The topological polar surface area (TPSA) is 75.7 Å². The Morgan fingerprint density at radius 1 is 1.09 bits per heavy atom. The summed E-state index contributed by atoms with van der Waals surface area (Å²) in [5.41, 5.74) is 5.52. The summed E-state index contributed by atoms with van der Waals surface area (Å²) in [5.74, 6) is 0. The number of hydrogen-bond donors (Lipinski definition) is 3. The van der Waals surface area contributed by atoms with Gasteiger partial charge in [0.2, 0.25) is 0 Å². The molecule has 0 aromatic heterocycles. The first-order chi connectivity index (χ1) is 5.04. The van der Waals surface area contributed by atoms with E-state index in [0.717, 1.165) is 0 Å². The van der Waals surface area contributed by atoms with Crippen molar-refractivity contribution < 1.29 is 14.9 Å². The molecule has 0 amide bonds. The third-order valence-electron chi connectivity index (χ3n) is 2.18. The van der Waals surface area contributed by atoms with E-state index in [-0.39, 0.29) is 12.2 Å². The van der Waals surface area contributed by atoms with Crippen molar-refractivity contribution in [3.8, 4) is 0 Å². The SMILES string of the molecule is CC1O[C@@H](C)[C@@H](O)C(N)[C@@H]1O. The van der Waals surface area contributed by atoms with E-state index in [2.05, 4.69) is 0 Å². The summed E-state index contributed by atoms with van der Waals surface area (Å²) >= 11 is 0. The smallest absolute Gasteiger partial charge is 0.0975 e. The molecule has 11 heavy (non-hydrogen) atoms. The summed E-state index contributed by atoms with van der Waals surface area (Å²) in [6, 6.07) is -0.589. The molecule has 1 aliphatic heterocycles. The fraction of sp³-hybridized carbons (Fsp3) is 1.00. The maximum Gasteiger partial charge on any atom is 0.0975 e. The summed E-state index contributed by atoms with van der Waals surface area (Å²) in [7, 11) is 0. The van der Waals surface area contributed by atoms with Crippen molar-refractivity contribution in [2.45, 2.75) is 44.3 Å². The lowest BCUT2D eigenvalue weighted by molar-refractivity contribution is -0.165. The highest BCUT2D eigenvalue weighted by Gasteiger charge is 2.38. The molecule has 1 rings (SSSR count). The van der Waals surface area contributed by atoms with Crippen LogP contribution in [0.4, 0.5) is 0 Å². The van der Waals surface area contributed by atoms with Gasteiger partial charge in [0.1, 0.15) is 0 Å². The van der Waals surface area contributed by atoms with Crippen LogP contribution in [0.25, 0.3) is 0 Å². The van der Waals surface area contributed by atoms with Crippen molar-refractivity contribution in [2.75, 3.05) is 0 Å². The highest BCUT2D eigenvalue weighted by molar-refractivity contribution is 4.91. The summed E-state index contributed by atoms with van der Waals surface area (Å²) < 4.78 is 5.20. The van der Waals surface area contributed by atoms with Crippen molar-refractivity contribution in [3.63, 3.8) is 0 Å². The Morgan fingerprint density at radius 2 is 1.45 bits per heavy atom. The summed E-state index contributed by atoms with van der Waals surface area (Å²) in [5, 5.41) is 18.6. The van der Waals surface area contributed by atoms with Crippen LogP contribution in [0.1, 0.15) is 13.8 Å². The predicted molar refractivity (Wildman–Crippen MR) is 40.0 cm³/mol. The van der Waals surface area contributed by atoms with Crippen molar-refractivity contribution in [1.29, 1.82) is 0 Å².